The van der Waals surface area contributed by atoms with Crippen LogP contribution in [-0.4, -0.2) is 12.5 Å². The van der Waals surface area contributed by atoms with Crippen molar-refractivity contribution in [2.24, 2.45) is 0 Å². The van der Waals surface area contributed by atoms with E-state index in [1.54, 1.807) is 0 Å². The highest BCUT2D eigenvalue weighted by Gasteiger charge is 1.95. The van der Waals surface area contributed by atoms with Crippen LogP contribution in [0.5, 0.6) is 5.75 Å². The highest BCUT2D eigenvalue weighted by atomic mass is 35.5. The molecule has 0 radical (unpaired) electrons. The molecular weight excluding hydrogens is 304 g/mol. The quantitative estimate of drug-likeness (QED) is 0.257. The first-order valence-corrected chi connectivity index (χ1v) is 9.85. The van der Waals surface area contributed by atoms with Gasteiger partial charge < -0.3 is 4.74 Å². The standard InChI is InChI=1S/C21H33ClO/c1-2-3-4-5-6-7-8-9-10-11-19-23-21-16-14-20(15-17-21)13-12-18-22/h12-17H,2-11,18-19H2,1H3/b13-12+. The number of rotatable bonds is 14. The van der Waals surface area contributed by atoms with Gasteiger partial charge in [-0.15, -0.1) is 11.6 Å². The Hall–Kier alpha value is -0.950. The molecule has 0 amide bonds. The van der Waals surface area contributed by atoms with Crippen molar-refractivity contribution < 1.29 is 4.74 Å². The molecule has 1 aromatic carbocycles. The third kappa shape index (κ3) is 11.3. The van der Waals surface area contributed by atoms with Crippen LogP contribution in [0.15, 0.2) is 30.3 Å². The number of unbranched alkanes of at least 4 members (excludes halogenated alkanes) is 9. The molecule has 23 heavy (non-hydrogen) atoms. The Morgan fingerprint density at radius 1 is 0.826 bits per heavy atom. The van der Waals surface area contributed by atoms with Gasteiger partial charge in [0.25, 0.3) is 0 Å². The number of benzene rings is 1. The molecule has 0 aliphatic carbocycles. The second-order valence-corrected chi connectivity index (χ2v) is 6.46. The number of hydrogen-bond acceptors (Lipinski definition) is 1. The molecule has 0 aromatic heterocycles. The normalized spacial score (nSPS) is 11.2. The van der Waals surface area contributed by atoms with Crippen molar-refractivity contribution in [3.8, 4) is 5.75 Å². The summed E-state index contributed by atoms with van der Waals surface area (Å²) < 4.78 is 5.79. The topological polar surface area (TPSA) is 9.23 Å². The van der Waals surface area contributed by atoms with Crippen molar-refractivity contribution in [3.63, 3.8) is 0 Å². The Morgan fingerprint density at radius 3 is 1.96 bits per heavy atom. The van der Waals surface area contributed by atoms with Gasteiger partial charge in [-0.25, -0.2) is 0 Å². The summed E-state index contributed by atoms with van der Waals surface area (Å²) in [4.78, 5) is 0. The largest absolute Gasteiger partial charge is 0.494 e. The van der Waals surface area contributed by atoms with Gasteiger partial charge in [0.1, 0.15) is 5.75 Å². The number of hydrogen-bond donors (Lipinski definition) is 0. The highest BCUT2D eigenvalue weighted by molar-refractivity contribution is 6.19. The van der Waals surface area contributed by atoms with E-state index in [0.29, 0.717) is 5.88 Å². The minimum atomic E-state index is 0.553. The van der Waals surface area contributed by atoms with Crippen molar-refractivity contribution in [3.05, 3.63) is 35.9 Å². The van der Waals surface area contributed by atoms with Crippen LogP contribution in [0.25, 0.3) is 6.08 Å². The van der Waals surface area contributed by atoms with Crippen LogP contribution in [0.1, 0.15) is 76.7 Å². The molecule has 2 heteroatoms. The molecule has 0 N–H and O–H groups in total. The maximum atomic E-state index is 5.79. The molecule has 0 saturated heterocycles. The van der Waals surface area contributed by atoms with Crippen molar-refractivity contribution in [2.45, 2.75) is 71.1 Å². The summed E-state index contributed by atoms with van der Waals surface area (Å²) in [7, 11) is 0. The molecule has 0 spiro atoms. The van der Waals surface area contributed by atoms with Gasteiger partial charge in [0.05, 0.1) is 6.61 Å². The Kier molecular flexibility index (Phi) is 12.8. The number of alkyl halides is 1. The molecule has 0 bridgehead atoms. The summed E-state index contributed by atoms with van der Waals surface area (Å²) in [5, 5.41) is 0. The predicted molar refractivity (Wildman–Crippen MR) is 104 cm³/mol. The summed E-state index contributed by atoms with van der Waals surface area (Å²) in [5.41, 5.74) is 1.16. The average Bonchev–Trinajstić information content (AvgIpc) is 2.59. The summed E-state index contributed by atoms with van der Waals surface area (Å²) in [5.74, 6) is 1.51. The minimum absolute atomic E-state index is 0.553. The lowest BCUT2D eigenvalue weighted by molar-refractivity contribution is 0.304. The molecule has 1 nitrogen and oxygen atoms in total. The molecule has 0 heterocycles. The zero-order chi connectivity index (χ0) is 16.6. The van der Waals surface area contributed by atoms with Gasteiger partial charge in [-0.1, -0.05) is 89.0 Å². The first-order valence-electron chi connectivity index (χ1n) is 9.32. The Balaban J connectivity index is 1.95. The van der Waals surface area contributed by atoms with Gasteiger partial charge in [0.2, 0.25) is 0 Å². The SMILES string of the molecule is CCCCCCCCCCCCOc1ccc(/C=C/CCl)cc1. The van der Waals surface area contributed by atoms with E-state index in [9.17, 15) is 0 Å². The van der Waals surface area contributed by atoms with E-state index < -0.39 is 0 Å². The molecule has 0 saturated carbocycles. The van der Waals surface area contributed by atoms with Gasteiger partial charge in [-0.3, -0.25) is 0 Å². The van der Waals surface area contributed by atoms with Crippen molar-refractivity contribution in [1.82, 2.24) is 0 Å². The van der Waals surface area contributed by atoms with E-state index in [2.05, 4.69) is 19.1 Å². The number of ether oxygens (including phenoxy) is 1. The lowest BCUT2D eigenvalue weighted by Crippen LogP contribution is -1.97. The Labute approximate surface area is 148 Å². The maximum absolute atomic E-state index is 5.79. The highest BCUT2D eigenvalue weighted by Crippen LogP contribution is 2.15. The van der Waals surface area contributed by atoms with Crippen LogP contribution in [-0.2, 0) is 0 Å². The van der Waals surface area contributed by atoms with Crippen molar-refractivity contribution in [1.29, 1.82) is 0 Å². The molecule has 0 unspecified atom stereocenters. The fourth-order valence-corrected chi connectivity index (χ4v) is 2.72. The van der Waals surface area contributed by atoms with E-state index in [-0.39, 0.29) is 0 Å². The van der Waals surface area contributed by atoms with E-state index in [1.165, 1.54) is 57.8 Å². The minimum Gasteiger partial charge on any atom is -0.494 e. The molecule has 1 aromatic rings. The van der Waals surface area contributed by atoms with Crippen LogP contribution >= 0.6 is 11.6 Å². The van der Waals surface area contributed by atoms with E-state index >= 15 is 0 Å². The summed E-state index contributed by atoms with van der Waals surface area (Å²) in [6.45, 7) is 3.10. The van der Waals surface area contributed by atoms with Crippen molar-refractivity contribution in [2.75, 3.05) is 12.5 Å². The zero-order valence-electron chi connectivity index (χ0n) is 14.7. The van der Waals surface area contributed by atoms with E-state index in [0.717, 1.165) is 24.3 Å². The molecule has 1 rings (SSSR count). The van der Waals surface area contributed by atoms with Gasteiger partial charge in [-0.2, -0.15) is 0 Å². The van der Waals surface area contributed by atoms with Crippen LogP contribution in [0.3, 0.4) is 0 Å². The fraction of sp³-hybridized carbons (Fsp3) is 0.619. The van der Waals surface area contributed by atoms with Crippen LogP contribution in [0, 0.1) is 0 Å². The lowest BCUT2D eigenvalue weighted by Gasteiger charge is -2.06. The first-order chi connectivity index (χ1) is 11.4. The number of allylic oxidation sites excluding steroid dienone is 1. The lowest BCUT2D eigenvalue weighted by atomic mass is 10.1. The van der Waals surface area contributed by atoms with E-state index in [4.69, 9.17) is 16.3 Å². The van der Waals surface area contributed by atoms with Crippen LogP contribution in [0.2, 0.25) is 0 Å². The summed E-state index contributed by atoms with van der Waals surface area (Å²) in [6, 6.07) is 8.20. The van der Waals surface area contributed by atoms with Crippen LogP contribution in [0.4, 0.5) is 0 Å². The molecule has 0 atom stereocenters. The van der Waals surface area contributed by atoms with E-state index in [1.807, 2.05) is 24.3 Å². The van der Waals surface area contributed by atoms with Crippen LogP contribution < -0.4 is 4.74 Å². The second-order valence-electron chi connectivity index (χ2n) is 6.16. The summed E-state index contributed by atoms with van der Waals surface area (Å²) in [6.07, 6.45) is 17.6. The molecule has 0 aliphatic heterocycles. The molecular formula is C21H33ClO. The third-order valence-electron chi connectivity index (χ3n) is 4.05. The Bertz CT molecular complexity index is 397. The molecule has 130 valence electrons. The predicted octanol–water partition coefficient (Wildman–Crippen LogP) is 7.24. The molecule has 0 fully saturated rings. The number of halogens is 1. The maximum Gasteiger partial charge on any atom is 0.119 e. The Morgan fingerprint density at radius 2 is 1.39 bits per heavy atom. The molecule has 0 aliphatic rings. The van der Waals surface area contributed by atoms with Gasteiger partial charge in [0.15, 0.2) is 0 Å². The van der Waals surface area contributed by atoms with Gasteiger partial charge in [-0.05, 0) is 24.1 Å². The second kappa shape index (κ2) is 14.6. The first kappa shape index (κ1) is 20.1. The monoisotopic (exact) mass is 336 g/mol. The van der Waals surface area contributed by atoms with Gasteiger partial charge >= 0.3 is 0 Å². The smallest absolute Gasteiger partial charge is 0.119 e. The fourth-order valence-electron chi connectivity index (χ4n) is 2.64. The third-order valence-corrected chi connectivity index (χ3v) is 4.22. The van der Waals surface area contributed by atoms with Gasteiger partial charge in [0, 0.05) is 5.88 Å². The summed E-state index contributed by atoms with van der Waals surface area (Å²) >= 11 is 5.63. The van der Waals surface area contributed by atoms with Crippen molar-refractivity contribution >= 4 is 17.7 Å². The zero-order valence-corrected chi connectivity index (χ0v) is 15.5. The average molecular weight is 337 g/mol.